The van der Waals surface area contributed by atoms with Gasteiger partial charge in [0.05, 0.1) is 0 Å². The Labute approximate surface area is 198 Å². The highest BCUT2D eigenvalue weighted by atomic mass is 79.9. The summed E-state index contributed by atoms with van der Waals surface area (Å²) in [6.07, 6.45) is 0. The molecule has 8 heteroatoms. The van der Waals surface area contributed by atoms with Crippen molar-refractivity contribution >= 4 is 45.1 Å². The Morgan fingerprint density at radius 2 is 1.52 bits per heavy atom. The monoisotopic (exact) mass is 502 g/mol. The number of nitrogens with zero attached hydrogens (tertiary/aromatic N) is 1. The standard InChI is InChI=1S/C25H19BrN4O3/c1-14(31)21(23(32)27-16-12-10-15(26)11-13-16)22-28-24(33)25(30-29-22)19-8-4-2-6-17(19)18-7-3-5-9-20(18)25/h2-13,21,30H,1H3,(H,27,32)(H,28,29,33). The lowest BCUT2D eigenvalue weighted by atomic mass is 9.86. The molecular formula is C25H19BrN4O3. The van der Waals surface area contributed by atoms with E-state index in [2.05, 4.69) is 37.1 Å². The Morgan fingerprint density at radius 1 is 0.939 bits per heavy atom. The molecule has 3 aromatic carbocycles. The molecule has 1 unspecified atom stereocenters. The van der Waals surface area contributed by atoms with Crippen LogP contribution in [0.5, 0.6) is 0 Å². The van der Waals surface area contributed by atoms with E-state index >= 15 is 0 Å². The number of hydrogen-bond donors (Lipinski definition) is 3. The molecule has 0 radical (unpaired) electrons. The van der Waals surface area contributed by atoms with Crippen molar-refractivity contribution in [1.29, 1.82) is 0 Å². The topological polar surface area (TPSA) is 99.7 Å². The van der Waals surface area contributed by atoms with Gasteiger partial charge in [0.2, 0.25) is 5.91 Å². The predicted molar refractivity (Wildman–Crippen MR) is 128 cm³/mol. The molecule has 5 rings (SSSR count). The minimum atomic E-state index is -1.27. The number of nitrogens with one attached hydrogen (secondary N) is 3. The summed E-state index contributed by atoms with van der Waals surface area (Å²) in [5.74, 6) is -2.71. The number of carbonyl (C=O) groups excluding carboxylic acids is 3. The number of rotatable bonds is 4. The Bertz CT molecular complexity index is 1290. The maximum Gasteiger partial charge on any atom is 0.261 e. The van der Waals surface area contributed by atoms with Crippen LogP contribution in [-0.4, -0.2) is 23.4 Å². The minimum Gasteiger partial charge on any atom is -0.325 e. The van der Waals surface area contributed by atoms with Crippen molar-refractivity contribution in [3.63, 3.8) is 0 Å². The van der Waals surface area contributed by atoms with Gasteiger partial charge in [-0.15, -0.1) is 0 Å². The Hall–Kier alpha value is -3.78. The normalized spacial score (nSPS) is 16.1. The molecule has 0 saturated carbocycles. The SMILES string of the molecule is CC(=O)C(C(=O)Nc1ccc(Br)cc1)C1=NNC2(C(=O)N1)c1ccccc1-c1ccccc12. The summed E-state index contributed by atoms with van der Waals surface area (Å²) in [6.45, 7) is 1.30. The third kappa shape index (κ3) is 3.34. The van der Waals surface area contributed by atoms with Crippen molar-refractivity contribution in [1.82, 2.24) is 10.7 Å². The summed E-state index contributed by atoms with van der Waals surface area (Å²) in [4.78, 5) is 39.0. The molecule has 164 valence electrons. The number of ketones is 1. The number of halogens is 1. The van der Waals surface area contributed by atoms with Crippen LogP contribution in [0, 0.1) is 5.92 Å². The largest absolute Gasteiger partial charge is 0.325 e. The van der Waals surface area contributed by atoms with Gasteiger partial charge in [0.15, 0.2) is 11.5 Å². The molecule has 3 aromatic rings. The van der Waals surface area contributed by atoms with E-state index in [9.17, 15) is 14.4 Å². The molecule has 7 nitrogen and oxygen atoms in total. The smallest absolute Gasteiger partial charge is 0.261 e. The van der Waals surface area contributed by atoms with Gasteiger partial charge < -0.3 is 10.6 Å². The van der Waals surface area contributed by atoms with Gasteiger partial charge in [-0.3, -0.25) is 19.8 Å². The Balaban J connectivity index is 1.51. The molecular weight excluding hydrogens is 484 g/mol. The first-order valence-electron chi connectivity index (χ1n) is 10.3. The average molecular weight is 503 g/mol. The number of fused-ring (bicyclic) bond motifs is 5. The van der Waals surface area contributed by atoms with E-state index in [0.717, 1.165) is 26.7 Å². The van der Waals surface area contributed by atoms with Crippen LogP contribution in [0.4, 0.5) is 5.69 Å². The molecule has 1 spiro atoms. The van der Waals surface area contributed by atoms with E-state index in [-0.39, 0.29) is 5.84 Å². The lowest BCUT2D eigenvalue weighted by Crippen LogP contribution is -2.60. The second kappa shape index (κ2) is 7.97. The van der Waals surface area contributed by atoms with E-state index in [0.29, 0.717) is 5.69 Å². The first-order valence-corrected chi connectivity index (χ1v) is 11.1. The molecule has 1 aliphatic heterocycles. The number of hydrazone groups is 1. The van der Waals surface area contributed by atoms with Gasteiger partial charge in [0.1, 0.15) is 11.6 Å². The zero-order valence-corrected chi connectivity index (χ0v) is 19.1. The fraction of sp³-hybridized carbons (Fsp3) is 0.120. The molecule has 1 atom stereocenters. The van der Waals surface area contributed by atoms with Crippen LogP contribution in [0.3, 0.4) is 0 Å². The van der Waals surface area contributed by atoms with Crippen LogP contribution in [0.25, 0.3) is 11.1 Å². The number of carbonyl (C=O) groups is 3. The van der Waals surface area contributed by atoms with Gasteiger partial charge in [-0.1, -0.05) is 64.5 Å². The molecule has 1 aliphatic carbocycles. The molecule has 2 aliphatic rings. The fourth-order valence-corrected chi connectivity index (χ4v) is 4.68. The number of amidine groups is 1. The second-order valence-electron chi connectivity index (χ2n) is 7.94. The number of hydrogen-bond acceptors (Lipinski definition) is 5. The highest BCUT2D eigenvalue weighted by Crippen LogP contribution is 2.48. The summed E-state index contributed by atoms with van der Waals surface area (Å²) in [5.41, 5.74) is 5.71. The minimum absolute atomic E-state index is 0.0328. The molecule has 1 heterocycles. The average Bonchev–Trinajstić information content (AvgIpc) is 3.09. The van der Waals surface area contributed by atoms with Gasteiger partial charge in [0.25, 0.3) is 5.91 Å². The number of amides is 2. The lowest BCUT2D eigenvalue weighted by Gasteiger charge is -2.35. The fourth-order valence-electron chi connectivity index (χ4n) is 4.42. The lowest BCUT2D eigenvalue weighted by molar-refractivity contribution is -0.127. The van der Waals surface area contributed by atoms with Crippen LogP contribution in [0.1, 0.15) is 18.1 Å². The number of anilines is 1. The van der Waals surface area contributed by atoms with Crippen LogP contribution >= 0.6 is 15.9 Å². The summed E-state index contributed by atoms with van der Waals surface area (Å²) < 4.78 is 0.860. The number of Topliss-reactive ketones (excluding diaryl/α,β-unsaturated/α-hetero) is 1. The van der Waals surface area contributed by atoms with Crippen LogP contribution in [0.15, 0.2) is 82.4 Å². The molecule has 2 amide bonds. The van der Waals surface area contributed by atoms with Crippen molar-refractivity contribution in [2.24, 2.45) is 11.0 Å². The van der Waals surface area contributed by atoms with Gasteiger partial charge in [0, 0.05) is 21.3 Å². The van der Waals surface area contributed by atoms with E-state index in [1.54, 1.807) is 24.3 Å². The van der Waals surface area contributed by atoms with Crippen LogP contribution in [-0.2, 0) is 19.9 Å². The van der Waals surface area contributed by atoms with Crippen molar-refractivity contribution in [3.05, 3.63) is 88.4 Å². The Kier molecular flexibility index (Phi) is 5.09. The molecule has 0 bridgehead atoms. The van der Waals surface area contributed by atoms with E-state index < -0.39 is 29.1 Å². The first-order chi connectivity index (χ1) is 15.9. The highest BCUT2D eigenvalue weighted by molar-refractivity contribution is 9.10. The van der Waals surface area contributed by atoms with E-state index in [1.165, 1.54) is 6.92 Å². The Morgan fingerprint density at radius 3 is 2.06 bits per heavy atom. The molecule has 0 aromatic heterocycles. The third-order valence-electron chi connectivity index (χ3n) is 5.93. The predicted octanol–water partition coefficient (Wildman–Crippen LogP) is 3.55. The van der Waals surface area contributed by atoms with Crippen LogP contribution in [0.2, 0.25) is 0 Å². The van der Waals surface area contributed by atoms with E-state index in [1.807, 2.05) is 48.5 Å². The summed E-state index contributed by atoms with van der Waals surface area (Å²) >= 11 is 3.34. The van der Waals surface area contributed by atoms with Gasteiger partial charge in [-0.2, -0.15) is 5.10 Å². The van der Waals surface area contributed by atoms with Gasteiger partial charge in [-0.25, -0.2) is 0 Å². The molecule has 0 fully saturated rings. The summed E-state index contributed by atoms with van der Waals surface area (Å²) in [6, 6.07) is 22.2. The number of benzene rings is 3. The quantitative estimate of drug-likeness (QED) is 0.475. The molecule has 3 N–H and O–H groups in total. The van der Waals surface area contributed by atoms with Crippen molar-refractivity contribution in [3.8, 4) is 11.1 Å². The van der Waals surface area contributed by atoms with Gasteiger partial charge >= 0.3 is 0 Å². The van der Waals surface area contributed by atoms with Crippen LogP contribution < -0.4 is 16.1 Å². The molecule has 33 heavy (non-hydrogen) atoms. The van der Waals surface area contributed by atoms with Crippen molar-refractivity contribution in [2.45, 2.75) is 12.5 Å². The highest BCUT2D eigenvalue weighted by Gasteiger charge is 2.52. The zero-order chi connectivity index (χ0) is 23.2. The first kappa shape index (κ1) is 21.1. The van der Waals surface area contributed by atoms with E-state index in [4.69, 9.17) is 0 Å². The van der Waals surface area contributed by atoms with Gasteiger partial charge in [-0.05, 0) is 42.3 Å². The van der Waals surface area contributed by atoms with Crippen molar-refractivity contribution in [2.75, 3.05) is 5.32 Å². The molecule has 0 saturated heterocycles. The summed E-state index contributed by atoms with van der Waals surface area (Å²) in [7, 11) is 0. The maximum atomic E-state index is 13.6. The summed E-state index contributed by atoms with van der Waals surface area (Å²) in [5, 5.41) is 9.82. The van der Waals surface area contributed by atoms with Crippen molar-refractivity contribution < 1.29 is 14.4 Å². The zero-order valence-electron chi connectivity index (χ0n) is 17.6. The third-order valence-corrected chi connectivity index (χ3v) is 6.46. The maximum absolute atomic E-state index is 13.6. The second-order valence-corrected chi connectivity index (χ2v) is 8.86.